The number of aliphatic hydroxyl groups excluding tert-OH is 1. The van der Waals surface area contributed by atoms with E-state index in [9.17, 15) is 10.2 Å². The van der Waals surface area contributed by atoms with Crippen molar-refractivity contribution in [3.63, 3.8) is 0 Å². The third kappa shape index (κ3) is 18.3. The molecule has 0 saturated heterocycles. The van der Waals surface area contributed by atoms with Gasteiger partial charge in [-0.15, -0.1) is 0 Å². The van der Waals surface area contributed by atoms with Gasteiger partial charge in [-0.05, 0) is 64.2 Å². The molecular weight excluding hydrogens is 835 g/mol. The number of para-hydroxylation sites is 1. The lowest BCUT2D eigenvalue weighted by Crippen LogP contribution is -2.53. The van der Waals surface area contributed by atoms with Gasteiger partial charge >= 0.3 is 5.97 Å². The summed E-state index contributed by atoms with van der Waals surface area (Å²) in [6, 6.07) is 17.9. The zero-order chi connectivity index (χ0) is 48.2. The van der Waals surface area contributed by atoms with E-state index in [0.29, 0.717) is 31.2 Å². The number of ether oxygens (including phenoxy) is 4. The van der Waals surface area contributed by atoms with Crippen LogP contribution in [-0.2, 0) is 19.9 Å². The number of phenolic OH excluding ortho intramolecular Hbond substituents is 1. The van der Waals surface area contributed by atoms with Gasteiger partial charge in [-0.1, -0.05) is 215 Å². The van der Waals surface area contributed by atoms with Crippen molar-refractivity contribution in [1.29, 1.82) is 0 Å². The molecule has 9 nitrogen and oxygen atoms in total. The summed E-state index contributed by atoms with van der Waals surface area (Å²) in [5, 5.41) is 27.8. The Balaban J connectivity index is 1.61. The van der Waals surface area contributed by atoms with Crippen LogP contribution in [0.2, 0.25) is 0 Å². The zero-order valence-electron chi connectivity index (χ0n) is 43.1. The van der Waals surface area contributed by atoms with Crippen LogP contribution in [-0.4, -0.2) is 60.9 Å². The molecule has 67 heavy (non-hydrogen) atoms. The number of phenols is 1. The highest BCUT2D eigenvalue weighted by Gasteiger charge is 2.44. The minimum absolute atomic E-state index is 0.109. The molecule has 3 N–H and O–H groups in total. The molecule has 1 heterocycles. The number of unbranched alkanes of at least 4 members (excludes halogenated alkanes) is 21. The number of nitrogens with one attached hydrogen (secondary N) is 1. The first kappa shape index (κ1) is 55.8. The largest absolute Gasteiger partial charge is 0.504 e. The molecule has 9 heteroatoms. The summed E-state index contributed by atoms with van der Waals surface area (Å²) >= 11 is 0. The number of aromatic hydroxyl groups is 1. The van der Waals surface area contributed by atoms with Gasteiger partial charge in [-0.25, -0.2) is 9.98 Å². The molecule has 3 aromatic rings. The molecule has 0 aromatic heterocycles. The molecule has 0 amide bonds. The summed E-state index contributed by atoms with van der Waals surface area (Å²) in [5.74, 6) is -0.987. The number of hydrogen-bond acceptors (Lipinski definition) is 9. The molecule has 0 spiro atoms. The van der Waals surface area contributed by atoms with E-state index in [1.807, 2.05) is 18.2 Å². The summed E-state index contributed by atoms with van der Waals surface area (Å²) in [5.41, 5.74) is 5.26. The van der Waals surface area contributed by atoms with E-state index in [1.165, 1.54) is 96.3 Å². The fraction of sp³-hybridized carbons (Fsp3) is 0.655. The normalized spacial score (nSPS) is 15.4. The lowest BCUT2D eigenvalue weighted by Gasteiger charge is -2.37. The number of amidine groups is 1. The van der Waals surface area contributed by atoms with Crippen LogP contribution in [0.5, 0.6) is 11.5 Å². The van der Waals surface area contributed by atoms with Crippen LogP contribution in [0.1, 0.15) is 214 Å². The summed E-state index contributed by atoms with van der Waals surface area (Å²) < 4.78 is 26.2. The standard InChI is InChI=1S/C58H91N3O6/c1-8-11-14-17-20-23-26-29-39-65-58(66-40-30-27-24-21-18-15-12-9-2,67-41-31-28-25-22-19-16-13-10-3)54(62)44-64-53-34-32-33-52(55(53)63)57(51-38-36-47(5)43-49(51)7)60-45-59-56(61-57)50-37-35-46(4)42-48(50)6/h32-38,42-43,45,54,62-63H,8-31,39-41,44H2,1-7H3,(H,59,60,61). The van der Waals surface area contributed by atoms with Gasteiger partial charge in [0, 0.05) is 11.1 Å². The van der Waals surface area contributed by atoms with E-state index >= 15 is 0 Å². The molecule has 2 atom stereocenters. The second kappa shape index (κ2) is 31.4. The average Bonchev–Trinajstić information content (AvgIpc) is 3.31. The predicted molar refractivity (Wildman–Crippen MR) is 279 cm³/mol. The van der Waals surface area contributed by atoms with Gasteiger partial charge in [0.15, 0.2) is 17.6 Å². The molecule has 0 saturated carbocycles. The summed E-state index contributed by atoms with van der Waals surface area (Å²) in [7, 11) is 0. The summed E-state index contributed by atoms with van der Waals surface area (Å²) in [6.07, 6.45) is 28.4. The van der Waals surface area contributed by atoms with Gasteiger partial charge < -0.3 is 34.5 Å². The Hall–Kier alpha value is -3.76. The molecule has 374 valence electrons. The highest BCUT2D eigenvalue weighted by molar-refractivity contribution is 6.07. The van der Waals surface area contributed by atoms with E-state index in [4.69, 9.17) is 28.9 Å². The topological polar surface area (TPSA) is 114 Å². The number of benzene rings is 3. The molecule has 3 aromatic carbocycles. The highest BCUT2D eigenvalue weighted by Crippen LogP contribution is 2.46. The SMILES string of the molecule is CCCCCCCCCCOC(OCCCCCCCCCC)(OCCCCCCCCCC)C(O)COc1cccc(C2(c3ccc(C)cc3C)N=CNC(c3ccc(C)cc3C)=N2)c1O. The van der Waals surface area contributed by atoms with Crippen LogP contribution in [0.25, 0.3) is 0 Å². The van der Waals surface area contributed by atoms with Crippen LogP contribution < -0.4 is 10.1 Å². The third-order valence-electron chi connectivity index (χ3n) is 13.2. The molecule has 0 radical (unpaired) electrons. The van der Waals surface area contributed by atoms with Crippen molar-refractivity contribution < 1.29 is 29.2 Å². The van der Waals surface area contributed by atoms with Gasteiger partial charge in [0.1, 0.15) is 12.4 Å². The highest BCUT2D eigenvalue weighted by atomic mass is 16.9. The third-order valence-corrected chi connectivity index (χ3v) is 13.2. The average molecular weight is 926 g/mol. The Bertz CT molecular complexity index is 1840. The molecule has 0 aliphatic carbocycles. The van der Waals surface area contributed by atoms with E-state index < -0.39 is 17.7 Å². The minimum atomic E-state index is -1.72. The van der Waals surface area contributed by atoms with Gasteiger partial charge in [0.25, 0.3) is 0 Å². The predicted octanol–water partition coefficient (Wildman–Crippen LogP) is 14.8. The Labute approximate surface area is 407 Å². The zero-order valence-corrected chi connectivity index (χ0v) is 43.1. The lowest BCUT2D eigenvalue weighted by molar-refractivity contribution is -0.415. The summed E-state index contributed by atoms with van der Waals surface area (Å²) in [6.45, 7) is 16.0. The molecule has 2 unspecified atom stereocenters. The number of nitrogens with zero attached hydrogens (tertiary/aromatic N) is 2. The van der Waals surface area contributed by atoms with Gasteiger partial charge in [-0.2, -0.15) is 0 Å². The van der Waals surface area contributed by atoms with Crippen LogP contribution >= 0.6 is 0 Å². The Morgan fingerprint density at radius 1 is 0.567 bits per heavy atom. The van der Waals surface area contributed by atoms with Crippen LogP contribution in [0, 0.1) is 27.7 Å². The van der Waals surface area contributed by atoms with Crippen molar-refractivity contribution >= 4 is 12.2 Å². The summed E-state index contributed by atoms with van der Waals surface area (Å²) in [4.78, 5) is 10.4. The van der Waals surface area contributed by atoms with Crippen LogP contribution in [0.4, 0.5) is 0 Å². The molecular formula is C58H91N3O6. The quantitative estimate of drug-likeness (QED) is 0.0390. The van der Waals surface area contributed by atoms with Crippen LogP contribution in [0.15, 0.2) is 64.6 Å². The fourth-order valence-corrected chi connectivity index (χ4v) is 9.19. The minimum Gasteiger partial charge on any atom is -0.504 e. The monoisotopic (exact) mass is 926 g/mol. The van der Waals surface area contributed by atoms with Gasteiger partial charge in [0.05, 0.1) is 31.7 Å². The number of rotatable bonds is 37. The molecule has 0 bridgehead atoms. The second-order valence-corrected chi connectivity index (χ2v) is 19.2. The first-order valence-electron chi connectivity index (χ1n) is 26.7. The van der Waals surface area contributed by atoms with E-state index in [1.54, 1.807) is 12.4 Å². The van der Waals surface area contributed by atoms with Crippen molar-refractivity contribution in [1.82, 2.24) is 5.32 Å². The number of hydrogen-bond donors (Lipinski definition) is 3. The van der Waals surface area contributed by atoms with Crippen LogP contribution in [0.3, 0.4) is 0 Å². The van der Waals surface area contributed by atoms with Crippen molar-refractivity contribution in [3.8, 4) is 11.5 Å². The molecule has 4 rings (SSSR count). The molecule has 1 aliphatic heterocycles. The van der Waals surface area contributed by atoms with E-state index in [2.05, 4.69) is 84.1 Å². The number of aliphatic hydroxyl groups is 1. The van der Waals surface area contributed by atoms with E-state index in [-0.39, 0.29) is 18.1 Å². The van der Waals surface area contributed by atoms with Gasteiger partial charge in [0.2, 0.25) is 5.66 Å². The maximum atomic E-state index is 12.3. The lowest BCUT2D eigenvalue weighted by atomic mass is 9.87. The van der Waals surface area contributed by atoms with Crippen molar-refractivity contribution in [3.05, 3.63) is 93.5 Å². The van der Waals surface area contributed by atoms with Gasteiger partial charge in [-0.3, -0.25) is 0 Å². The fourth-order valence-electron chi connectivity index (χ4n) is 9.19. The Morgan fingerprint density at radius 2 is 1.03 bits per heavy atom. The van der Waals surface area contributed by atoms with Crippen molar-refractivity contribution in [2.75, 3.05) is 26.4 Å². The maximum absolute atomic E-state index is 12.3. The number of aryl methyl sites for hydroxylation is 4. The first-order chi connectivity index (χ1) is 32.6. The smallest absolute Gasteiger partial charge is 0.314 e. The molecule has 0 fully saturated rings. The number of aliphatic imine (C=N–C) groups is 2. The van der Waals surface area contributed by atoms with E-state index in [0.717, 1.165) is 91.2 Å². The van der Waals surface area contributed by atoms with Crippen molar-refractivity contribution in [2.45, 2.75) is 220 Å². The Kier molecular flexibility index (Phi) is 26.2. The second-order valence-electron chi connectivity index (χ2n) is 19.2. The molecule has 1 aliphatic rings. The van der Waals surface area contributed by atoms with Crippen molar-refractivity contribution in [2.24, 2.45) is 9.98 Å². The Morgan fingerprint density at radius 3 is 1.51 bits per heavy atom. The maximum Gasteiger partial charge on any atom is 0.314 e. The first-order valence-corrected chi connectivity index (χ1v) is 26.7.